The van der Waals surface area contributed by atoms with E-state index in [-0.39, 0.29) is 36.6 Å². The smallest absolute Gasteiger partial charge is 0.243 e. The molecule has 0 aliphatic carbocycles. The Morgan fingerprint density at radius 1 is 1.19 bits per heavy atom. The SMILES string of the molecule is O=Cc1cn(CC(=O)N2C[C@H](F)C[C@H]2C(=O)NCc2cccc(Cl)c2F)c2ccccc12. The van der Waals surface area contributed by atoms with Crippen molar-refractivity contribution in [3.8, 4) is 0 Å². The van der Waals surface area contributed by atoms with Crippen molar-refractivity contribution in [2.45, 2.75) is 31.7 Å². The van der Waals surface area contributed by atoms with Crippen LogP contribution in [0.1, 0.15) is 22.3 Å². The van der Waals surface area contributed by atoms with Gasteiger partial charge in [0, 0.05) is 41.2 Å². The lowest BCUT2D eigenvalue weighted by Crippen LogP contribution is -2.46. The van der Waals surface area contributed by atoms with Crippen LogP contribution in [0.3, 0.4) is 0 Å². The van der Waals surface area contributed by atoms with Crippen LogP contribution in [-0.4, -0.2) is 46.3 Å². The molecule has 1 aliphatic rings. The number of carbonyl (C=O) groups is 3. The highest BCUT2D eigenvalue weighted by Gasteiger charge is 2.39. The fourth-order valence-electron chi connectivity index (χ4n) is 4.03. The van der Waals surface area contributed by atoms with E-state index in [9.17, 15) is 23.2 Å². The van der Waals surface area contributed by atoms with Gasteiger partial charge in [0.15, 0.2) is 6.29 Å². The van der Waals surface area contributed by atoms with Crippen LogP contribution >= 0.6 is 11.6 Å². The largest absolute Gasteiger partial charge is 0.350 e. The number of rotatable bonds is 6. The van der Waals surface area contributed by atoms with Crippen LogP contribution in [0.4, 0.5) is 8.78 Å². The van der Waals surface area contributed by atoms with Crippen molar-refractivity contribution >= 4 is 40.6 Å². The van der Waals surface area contributed by atoms with Gasteiger partial charge in [0.2, 0.25) is 11.8 Å². The molecule has 1 aliphatic heterocycles. The van der Waals surface area contributed by atoms with Gasteiger partial charge in [-0.1, -0.05) is 41.9 Å². The molecule has 2 aromatic carbocycles. The Morgan fingerprint density at radius 2 is 1.97 bits per heavy atom. The third-order valence-corrected chi connectivity index (χ3v) is 5.90. The Bertz CT molecular complexity index is 1200. The Morgan fingerprint density at radius 3 is 2.75 bits per heavy atom. The van der Waals surface area contributed by atoms with E-state index in [2.05, 4.69) is 5.32 Å². The van der Waals surface area contributed by atoms with Crippen LogP contribution in [0, 0.1) is 5.82 Å². The molecule has 166 valence electrons. The maximum absolute atomic E-state index is 14.2. The van der Waals surface area contributed by atoms with Gasteiger partial charge in [0.1, 0.15) is 24.6 Å². The molecular weight excluding hydrogens is 440 g/mol. The third-order valence-electron chi connectivity index (χ3n) is 5.61. The summed E-state index contributed by atoms with van der Waals surface area (Å²) in [6.07, 6.45) is 0.795. The highest BCUT2D eigenvalue weighted by Crippen LogP contribution is 2.24. The average molecular weight is 460 g/mol. The first-order valence-electron chi connectivity index (χ1n) is 10.1. The number of hydrogen-bond acceptors (Lipinski definition) is 3. The van der Waals surface area contributed by atoms with Gasteiger partial charge in [-0.15, -0.1) is 0 Å². The predicted molar refractivity (Wildman–Crippen MR) is 116 cm³/mol. The number of nitrogens with zero attached hydrogens (tertiary/aromatic N) is 2. The highest BCUT2D eigenvalue weighted by molar-refractivity contribution is 6.30. The van der Waals surface area contributed by atoms with Crippen LogP contribution < -0.4 is 5.32 Å². The number of hydrogen-bond donors (Lipinski definition) is 1. The number of nitrogens with one attached hydrogen (secondary N) is 1. The standard InChI is InChI=1S/C23H20ClF2N3O3/c24-18-6-3-4-14(22(18)26)9-27-23(32)20-8-16(25)11-29(20)21(31)12-28-10-15(13-30)17-5-1-2-7-19(17)28/h1-7,10,13,16,20H,8-9,11-12H2,(H,27,32)/t16-,20+/m1/s1. The second kappa shape index (κ2) is 9.08. The molecule has 2 amide bonds. The number of benzene rings is 2. The molecule has 1 fully saturated rings. The quantitative estimate of drug-likeness (QED) is 0.573. The minimum absolute atomic E-state index is 0.0631. The summed E-state index contributed by atoms with van der Waals surface area (Å²) in [5.74, 6) is -1.65. The number of carbonyl (C=O) groups excluding carboxylic acids is 3. The second-order valence-corrected chi connectivity index (χ2v) is 8.08. The van der Waals surface area contributed by atoms with Crippen LogP contribution in [0.25, 0.3) is 10.9 Å². The van der Waals surface area contributed by atoms with Gasteiger partial charge < -0.3 is 14.8 Å². The molecule has 0 bridgehead atoms. The summed E-state index contributed by atoms with van der Waals surface area (Å²) < 4.78 is 29.8. The van der Waals surface area contributed by atoms with Crippen LogP contribution in [0.5, 0.6) is 0 Å². The number of likely N-dealkylation sites (tertiary alicyclic amines) is 1. The maximum Gasteiger partial charge on any atom is 0.243 e. The zero-order valence-electron chi connectivity index (χ0n) is 16.9. The number of aldehydes is 1. The van der Waals surface area contributed by atoms with Crippen molar-refractivity contribution in [3.63, 3.8) is 0 Å². The molecule has 0 saturated carbocycles. The van der Waals surface area contributed by atoms with Gasteiger partial charge in [-0.3, -0.25) is 14.4 Å². The first-order valence-corrected chi connectivity index (χ1v) is 10.4. The zero-order chi connectivity index (χ0) is 22.8. The van der Waals surface area contributed by atoms with Crippen LogP contribution in [0.15, 0.2) is 48.7 Å². The minimum atomic E-state index is -1.34. The van der Waals surface area contributed by atoms with Gasteiger partial charge in [-0.2, -0.15) is 0 Å². The Kier molecular flexibility index (Phi) is 6.23. The van der Waals surface area contributed by atoms with Gasteiger partial charge in [-0.25, -0.2) is 8.78 Å². The van der Waals surface area contributed by atoms with E-state index in [0.717, 1.165) is 0 Å². The lowest BCUT2D eigenvalue weighted by Gasteiger charge is -2.24. The highest BCUT2D eigenvalue weighted by atomic mass is 35.5. The maximum atomic E-state index is 14.2. The molecule has 0 spiro atoms. The van der Waals surface area contributed by atoms with E-state index in [1.807, 2.05) is 0 Å². The summed E-state index contributed by atoms with van der Waals surface area (Å²) >= 11 is 5.76. The van der Waals surface area contributed by atoms with Gasteiger partial charge >= 0.3 is 0 Å². The molecular formula is C23H20ClF2N3O3. The van der Waals surface area contributed by atoms with Crippen molar-refractivity contribution < 1.29 is 23.2 Å². The molecule has 4 rings (SSSR count). The summed E-state index contributed by atoms with van der Waals surface area (Å²) in [6.45, 7) is -0.485. The molecule has 1 saturated heterocycles. The van der Waals surface area contributed by atoms with Gasteiger partial charge in [-0.05, 0) is 12.1 Å². The number of amides is 2. The lowest BCUT2D eigenvalue weighted by atomic mass is 10.1. The lowest BCUT2D eigenvalue weighted by molar-refractivity contribution is -0.139. The van der Waals surface area contributed by atoms with E-state index < -0.39 is 29.8 Å². The molecule has 2 heterocycles. The van der Waals surface area contributed by atoms with E-state index in [0.29, 0.717) is 22.8 Å². The molecule has 0 unspecified atom stereocenters. The number of fused-ring (bicyclic) bond motifs is 1. The summed E-state index contributed by atoms with van der Waals surface area (Å²) in [5, 5.41) is 3.21. The number of alkyl halides is 1. The summed E-state index contributed by atoms with van der Waals surface area (Å²) in [7, 11) is 0. The monoisotopic (exact) mass is 459 g/mol. The fourth-order valence-corrected chi connectivity index (χ4v) is 4.22. The normalized spacial score (nSPS) is 18.2. The first kappa shape index (κ1) is 22.0. The first-order chi connectivity index (χ1) is 15.4. The molecule has 2 atom stereocenters. The number of para-hydroxylation sites is 1. The van der Waals surface area contributed by atoms with Crippen LogP contribution in [-0.2, 0) is 22.7 Å². The molecule has 0 radical (unpaired) electrons. The summed E-state index contributed by atoms with van der Waals surface area (Å²) in [5.41, 5.74) is 1.33. The Labute approximate surface area is 187 Å². The minimum Gasteiger partial charge on any atom is -0.350 e. The second-order valence-electron chi connectivity index (χ2n) is 7.67. The average Bonchev–Trinajstić information content (AvgIpc) is 3.35. The summed E-state index contributed by atoms with van der Waals surface area (Å²) in [6, 6.07) is 10.6. The van der Waals surface area contributed by atoms with Crippen molar-refractivity contribution in [3.05, 3.63) is 70.6 Å². The topological polar surface area (TPSA) is 71.4 Å². The third kappa shape index (κ3) is 4.23. The Balaban J connectivity index is 1.49. The van der Waals surface area contributed by atoms with E-state index >= 15 is 0 Å². The molecule has 32 heavy (non-hydrogen) atoms. The molecule has 3 aromatic rings. The van der Waals surface area contributed by atoms with Crippen molar-refractivity contribution in [2.75, 3.05) is 6.54 Å². The van der Waals surface area contributed by atoms with Crippen molar-refractivity contribution in [2.24, 2.45) is 0 Å². The zero-order valence-corrected chi connectivity index (χ0v) is 17.7. The van der Waals surface area contributed by atoms with E-state index in [1.54, 1.807) is 41.1 Å². The van der Waals surface area contributed by atoms with Crippen molar-refractivity contribution in [1.29, 1.82) is 0 Å². The predicted octanol–water partition coefficient (Wildman–Crippen LogP) is 3.50. The summed E-state index contributed by atoms with van der Waals surface area (Å²) in [4.78, 5) is 38.2. The van der Waals surface area contributed by atoms with Gasteiger partial charge in [0.05, 0.1) is 11.6 Å². The molecule has 1 aromatic heterocycles. The molecule has 9 heteroatoms. The Hall–Kier alpha value is -3.26. The van der Waals surface area contributed by atoms with E-state index in [1.165, 1.54) is 17.0 Å². The van der Waals surface area contributed by atoms with Crippen LogP contribution in [0.2, 0.25) is 5.02 Å². The fraction of sp³-hybridized carbons (Fsp3) is 0.261. The van der Waals surface area contributed by atoms with E-state index in [4.69, 9.17) is 11.6 Å². The molecule has 1 N–H and O–H groups in total. The van der Waals surface area contributed by atoms with Gasteiger partial charge in [0.25, 0.3) is 0 Å². The molecule has 6 nitrogen and oxygen atoms in total. The van der Waals surface area contributed by atoms with Crippen molar-refractivity contribution in [1.82, 2.24) is 14.8 Å². The number of aromatic nitrogens is 1. The number of halogens is 3.